The fourth-order valence-electron chi connectivity index (χ4n) is 2.65. The molecule has 5 nitrogen and oxygen atoms in total. The van der Waals surface area contributed by atoms with Crippen LogP contribution in [0.25, 0.3) is 11.0 Å². The lowest BCUT2D eigenvalue weighted by molar-refractivity contribution is -0.0290. The van der Waals surface area contributed by atoms with Crippen molar-refractivity contribution in [3.8, 4) is 5.75 Å². The van der Waals surface area contributed by atoms with Crippen LogP contribution >= 0.6 is 12.2 Å². The molecule has 1 saturated heterocycles. The van der Waals surface area contributed by atoms with Crippen LogP contribution in [-0.4, -0.2) is 42.6 Å². The second-order valence-electron chi connectivity index (χ2n) is 5.09. The van der Waals surface area contributed by atoms with Crippen molar-refractivity contribution >= 4 is 23.3 Å². The molecule has 108 valence electrons. The lowest BCUT2D eigenvalue weighted by Gasteiger charge is -2.26. The SMILES string of the molecule is COc1ccc2c(c1)[nH]c(=S)n2CC1(OC)CCOC1. The van der Waals surface area contributed by atoms with E-state index in [1.54, 1.807) is 14.2 Å². The molecule has 1 unspecified atom stereocenters. The summed E-state index contributed by atoms with van der Waals surface area (Å²) in [5, 5.41) is 0. The second-order valence-corrected chi connectivity index (χ2v) is 5.48. The highest BCUT2D eigenvalue weighted by atomic mass is 32.1. The Balaban J connectivity index is 2.03. The van der Waals surface area contributed by atoms with Gasteiger partial charge in [-0.1, -0.05) is 0 Å². The van der Waals surface area contributed by atoms with E-state index < -0.39 is 0 Å². The molecule has 1 aromatic heterocycles. The van der Waals surface area contributed by atoms with Gasteiger partial charge in [0.25, 0.3) is 0 Å². The Kier molecular flexibility index (Phi) is 3.54. The summed E-state index contributed by atoms with van der Waals surface area (Å²) in [6.45, 7) is 2.03. The number of benzene rings is 1. The van der Waals surface area contributed by atoms with Crippen molar-refractivity contribution < 1.29 is 14.2 Å². The van der Waals surface area contributed by atoms with Gasteiger partial charge < -0.3 is 23.8 Å². The predicted octanol–water partition coefficient (Wildman–Crippen LogP) is 2.51. The summed E-state index contributed by atoms with van der Waals surface area (Å²) < 4.78 is 19.2. The summed E-state index contributed by atoms with van der Waals surface area (Å²) in [4.78, 5) is 3.22. The van der Waals surface area contributed by atoms with Crippen LogP contribution < -0.4 is 4.74 Å². The Morgan fingerprint density at radius 1 is 1.45 bits per heavy atom. The smallest absolute Gasteiger partial charge is 0.178 e. The molecule has 0 radical (unpaired) electrons. The predicted molar refractivity (Wildman–Crippen MR) is 78.9 cm³/mol. The van der Waals surface area contributed by atoms with Gasteiger partial charge in [-0.3, -0.25) is 0 Å². The van der Waals surface area contributed by atoms with Gasteiger partial charge >= 0.3 is 0 Å². The van der Waals surface area contributed by atoms with E-state index in [9.17, 15) is 0 Å². The van der Waals surface area contributed by atoms with E-state index in [1.807, 2.05) is 18.2 Å². The van der Waals surface area contributed by atoms with Crippen molar-refractivity contribution in [2.24, 2.45) is 0 Å². The Morgan fingerprint density at radius 3 is 2.95 bits per heavy atom. The van der Waals surface area contributed by atoms with Gasteiger partial charge in [0.2, 0.25) is 0 Å². The van der Waals surface area contributed by atoms with Crippen molar-refractivity contribution in [3.63, 3.8) is 0 Å². The highest BCUT2D eigenvalue weighted by Gasteiger charge is 2.36. The molecule has 1 N–H and O–H groups in total. The molecule has 0 aliphatic carbocycles. The van der Waals surface area contributed by atoms with Crippen LogP contribution in [0.1, 0.15) is 6.42 Å². The van der Waals surface area contributed by atoms with E-state index in [0.29, 0.717) is 17.9 Å². The number of rotatable bonds is 4. The highest BCUT2D eigenvalue weighted by Crippen LogP contribution is 2.28. The third kappa shape index (κ3) is 2.24. The van der Waals surface area contributed by atoms with Crippen LogP contribution in [0, 0.1) is 4.77 Å². The zero-order chi connectivity index (χ0) is 14.2. The first kappa shape index (κ1) is 13.6. The maximum Gasteiger partial charge on any atom is 0.178 e. The lowest BCUT2D eigenvalue weighted by atomic mass is 10.0. The molecule has 2 heterocycles. The van der Waals surface area contributed by atoms with Crippen LogP contribution in [-0.2, 0) is 16.0 Å². The second kappa shape index (κ2) is 5.20. The summed E-state index contributed by atoms with van der Waals surface area (Å²) in [5.74, 6) is 0.812. The number of hydrogen-bond acceptors (Lipinski definition) is 4. The Morgan fingerprint density at radius 2 is 2.30 bits per heavy atom. The fraction of sp³-hybridized carbons (Fsp3) is 0.500. The molecular weight excluding hydrogens is 276 g/mol. The molecule has 1 aliphatic rings. The van der Waals surface area contributed by atoms with E-state index in [-0.39, 0.29) is 5.60 Å². The van der Waals surface area contributed by atoms with E-state index in [2.05, 4.69) is 9.55 Å². The topological polar surface area (TPSA) is 48.4 Å². The van der Waals surface area contributed by atoms with Crippen LogP contribution in [0.15, 0.2) is 18.2 Å². The summed E-state index contributed by atoms with van der Waals surface area (Å²) in [5.41, 5.74) is 1.74. The number of imidazole rings is 1. The fourth-order valence-corrected chi connectivity index (χ4v) is 2.93. The molecule has 1 aliphatic heterocycles. The third-order valence-corrected chi connectivity index (χ3v) is 4.25. The molecule has 1 atom stereocenters. The van der Waals surface area contributed by atoms with Crippen molar-refractivity contribution in [2.45, 2.75) is 18.6 Å². The maximum absolute atomic E-state index is 5.69. The summed E-state index contributed by atoms with van der Waals surface area (Å²) in [7, 11) is 3.39. The number of aromatic amines is 1. The van der Waals surface area contributed by atoms with Gasteiger partial charge in [0, 0.05) is 26.2 Å². The largest absolute Gasteiger partial charge is 0.497 e. The number of aromatic nitrogens is 2. The quantitative estimate of drug-likeness (QED) is 0.880. The summed E-state index contributed by atoms with van der Waals surface area (Å²) >= 11 is 5.43. The molecule has 0 spiro atoms. The maximum atomic E-state index is 5.69. The molecule has 6 heteroatoms. The highest BCUT2D eigenvalue weighted by molar-refractivity contribution is 7.71. The Bertz CT molecular complexity index is 671. The van der Waals surface area contributed by atoms with Gasteiger partial charge in [0.1, 0.15) is 11.4 Å². The van der Waals surface area contributed by atoms with Gasteiger partial charge in [-0.2, -0.15) is 0 Å². The zero-order valence-corrected chi connectivity index (χ0v) is 12.5. The van der Waals surface area contributed by atoms with E-state index >= 15 is 0 Å². The Labute approximate surface area is 122 Å². The number of hydrogen-bond donors (Lipinski definition) is 1. The third-order valence-electron chi connectivity index (χ3n) is 3.93. The van der Waals surface area contributed by atoms with Gasteiger partial charge in [0.15, 0.2) is 4.77 Å². The molecule has 3 rings (SSSR count). The lowest BCUT2D eigenvalue weighted by Crippen LogP contribution is -2.37. The number of ether oxygens (including phenoxy) is 3. The van der Waals surface area contributed by atoms with Crippen LogP contribution in [0.3, 0.4) is 0 Å². The summed E-state index contributed by atoms with van der Waals surface area (Å²) in [6.07, 6.45) is 0.883. The molecule has 1 fully saturated rings. The van der Waals surface area contributed by atoms with Gasteiger partial charge in [-0.05, 0) is 24.4 Å². The van der Waals surface area contributed by atoms with Crippen molar-refractivity contribution in [3.05, 3.63) is 23.0 Å². The molecule has 0 amide bonds. The van der Waals surface area contributed by atoms with Crippen LogP contribution in [0.2, 0.25) is 0 Å². The Hall–Kier alpha value is -1.37. The first-order chi connectivity index (χ1) is 9.67. The van der Waals surface area contributed by atoms with Gasteiger partial charge in [-0.15, -0.1) is 0 Å². The number of H-pyrrole nitrogens is 1. The van der Waals surface area contributed by atoms with Gasteiger partial charge in [0.05, 0.1) is 31.3 Å². The van der Waals surface area contributed by atoms with Crippen LogP contribution in [0.5, 0.6) is 5.75 Å². The monoisotopic (exact) mass is 294 g/mol. The molecule has 1 aromatic carbocycles. The minimum Gasteiger partial charge on any atom is -0.497 e. The molecule has 20 heavy (non-hydrogen) atoms. The van der Waals surface area contributed by atoms with Crippen LogP contribution in [0.4, 0.5) is 0 Å². The first-order valence-electron chi connectivity index (χ1n) is 6.57. The van der Waals surface area contributed by atoms with Gasteiger partial charge in [-0.25, -0.2) is 0 Å². The average molecular weight is 294 g/mol. The minimum absolute atomic E-state index is 0.284. The van der Waals surface area contributed by atoms with Crippen molar-refractivity contribution in [2.75, 3.05) is 27.4 Å². The normalized spacial score (nSPS) is 22.5. The van der Waals surface area contributed by atoms with E-state index in [1.165, 1.54) is 0 Å². The number of fused-ring (bicyclic) bond motifs is 1. The standard InChI is InChI=1S/C14H18N2O3S/c1-17-10-3-4-12-11(7-10)15-13(20)16(12)8-14(18-2)5-6-19-9-14/h3-4,7H,5-6,8-9H2,1-2H3,(H,15,20). The molecular formula is C14H18N2O3S. The number of nitrogens with zero attached hydrogens (tertiary/aromatic N) is 1. The zero-order valence-electron chi connectivity index (χ0n) is 11.6. The van der Waals surface area contributed by atoms with Crippen molar-refractivity contribution in [1.82, 2.24) is 9.55 Å². The summed E-state index contributed by atoms with van der Waals surface area (Å²) in [6, 6.07) is 5.90. The number of methoxy groups -OCH3 is 2. The first-order valence-corrected chi connectivity index (χ1v) is 6.98. The van der Waals surface area contributed by atoms with E-state index in [0.717, 1.165) is 29.8 Å². The molecule has 2 aromatic rings. The van der Waals surface area contributed by atoms with Crippen molar-refractivity contribution in [1.29, 1.82) is 0 Å². The minimum atomic E-state index is -0.284. The van der Waals surface area contributed by atoms with E-state index in [4.69, 9.17) is 26.4 Å². The molecule has 0 saturated carbocycles. The number of nitrogens with one attached hydrogen (secondary N) is 1. The average Bonchev–Trinajstić information content (AvgIpc) is 3.05. The molecule has 0 bridgehead atoms.